The number of hydrogen-bond acceptors (Lipinski definition) is 4. The molecule has 5 heteroatoms. The number of carbonyl (C=O) groups is 2. The lowest BCUT2D eigenvalue weighted by Gasteiger charge is -2.36. The van der Waals surface area contributed by atoms with Gasteiger partial charge in [0, 0.05) is 13.3 Å². The first-order valence-electron chi connectivity index (χ1n) is 7.13. The van der Waals surface area contributed by atoms with Crippen LogP contribution >= 0.6 is 0 Å². The van der Waals surface area contributed by atoms with Crippen LogP contribution in [0.3, 0.4) is 0 Å². The molecular formula is C14H25NO4. The van der Waals surface area contributed by atoms with Gasteiger partial charge in [-0.15, -0.1) is 0 Å². The largest absolute Gasteiger partial charge is 0.351 e. The van der Waals surface area contributed by atoms with E-state index >= 15 is 0 Å². The van der Waals surface area contributed by atoms with Gasteiger partial charge in [0.2, 0.25) is 11.7 Å². The summed E-state index contributed by atoms with van der Waals surface area (Å²) in [5.74, 6) is -1.17. The summed E-state index contributed by atoms with van der Waals surface area (Å²) in [5, 5.41) is 2.79. The van der Waals surface area contributed by atoms with Crippen LogP contribution < -0.4 is 5.32 Å². The number of unbranched alkanes of at least 4 members (excludes halogenated alkanes) is 3. The number of nitrogens with one attached hydrogen (secondary N) is 1. The van der Waals surface area contributed by atoms with Gasteiger partial charge in [0.1, 0.15) is 0 Å². The van der Waals surface area contributed by atoms with Crippen molar-refractivity contribution in [2.75, 3.05) is 13.2 Å². The summed E-state index contributed by atoms with van der Waals surface area (Å²) >= 11 is 0. The van der Waals surface area contributed by atoms with E-state index in [1.807, 2.05) is 0 Å². The molecule has 0 radical (unpaired) electrons. The molecule has 1 saturated heterocycles. The maximum absolute atomic E-state index is 11.2. The zero-order valence-electron chi connectivity index (χ0n) is 11.9. The summed E-state index contributed by atoms with van der Waals surface area (Å²) in [6.45, 7) is 4.50. The molecule has 1 aliphatic heterocycles. The van der Waals surface area contributed by atoms with Crippen LogP contribution in [0.5, 0.6) is 0 Å². The Balaban J connectivity index is 2.29. The monoisotopic (exact) mass is 271 g/mol. The molecule has 19 heavy (non-hydrogen) atoms. The summed E-state index contributed by atoms with van der Waals surface area (Å²) in [5.41, 5.74) is 0. The zero-order chi connectivity index (χ0) is 14.1. The van der Waals surface area contributed by atoms with Crippen LogP contribution in [0.4, 0.5) is 0 Å². The minimum Gasteiger partial charge on any atom is -0.351 e. The molecule has 1 heterocycles. The van der Waals surface area contributed by atoms with Gasteiger partial charge in [-0.05, 0) is 12.8 Å². The lowest BCUT2D eigenvalue weighted by molar-refractivity contribution is -0.238. The van der Waals surface area contributed by atoms with E-state index in [1.165, 1.54) is 19.8 Å². The van der Waals surface area contributed by atoms with Gasteiger partial charge in [-0.1, -0.05) is 26.2 Å². The average Bonchev–Trinajstić information content (AvgIpc) is 2.40. The predicted octanol–water partition coefficient (Wildman–Crippen LogP) is 1.79. The fourth-order valence-corrected chi connectivity index (χ4v) is 2.19. The lowest BCUT2D eigenvalue weighted by atomic mass is 10.0. The SMILES string of the molecule is CCCCCCO[C@]1(C=O)CCC(NC(C)=O)CO1. The summed E-state index contributed by atoms with van der Waals surface area (Å²) in [6.07, 6.45) is 6.36. The van der Waals surface area contributed by atoms with Crippen molar-refractivity contribution >= 4 is 12.2 Å². The summed E-state index contributed by atoms with van der Waals surface area (Å²) < 4.78 is 11.1. The Bertz CT molecular complexity index is 285. The molecular weight excluding hydrogens is 246 g/mol. The van der Waals surface area contributed by atoms with Crippen molar-refractivity contribution in [3.05, 3.63) is 0 Å². The molecule has 1 aliphatic rings. The first-order valence-corrected chi connectivity index (χ1v) is 7.13. The van der Waals surface area contributed by atoms with Crippen LogP contribution in [0.2, 0.25) is 0 Å². The number of rotatable bonds is 8. The van der Waals surface area contributed by atoms with E-state index in [0.29, 0.717) is 26.1 Å². The highest BCUT2D eigenvalue weighted by atomic mass is 16.7. The third-order valence-corrected chi connectivity index (χ3v) is 3.30. The maximum Gasteiger partial charge on any atom is 0.225 e. The highest BCUT2D eigenvalue weighted by Gasteiger charge is 2.37. The van der Waals surface area contributed by atoms with E-state index in [9.17, 15) is 9.59 Å². The predicted molar refractivity (Wildman–Crippen MR) is 71.7 cm³/mol. The third kappa shape index (κ3) is 5.70. The summed E-state index contributed by atoms with van der Waals surface area (Å²) in [7, 11) is 0. The molecule has 2 atom stereocenters. The van der Waals surface area contributed by atoms with Gasteiger partial charge >= 0.3 is 0 Å². The fourth-order valence-electron chi connectivity index (χ4n) is 2.19. The Labute approximate surface area is 115 Å². The van der Waals surface area contributed by atoms with Crippen LogP contribution in [0.1, 0.15) is 52.4 Å². The number of hydrogen-bond donors (Lipinski definition) is 1. The highest BCUT2D eigenvalue weighted by molar-refractivity contribution is 5.73. The zero-order valence-corrected chi connectivity index (χ0v) is 11.9. The Morgan fingerprint density at radius 2 is 2.26 bits per heavy atom. The molecule has 0 bridgehead atoms. The van der Waals surface area contributed by atoms with Crippen molar-refractivity contribution in [2.45, 2.75) is 64.2 Å². The van der Waals surface area contributed by atoms with E-state index in [0.717, 1.165) is 19.1 Å². The molecule has 1 amide bonds. The van der Waals surface area contributed by atoms with Gasteiger partial charge in [-0.2, -0.15) is 0 Å². The van der Waals surface area contributed by atoms with Gasteiger partial charge in [-0.3, -0.25) is 9.59 Å². The quantitative estimate of drug-likeness (QED) is 0.540. The Kier molecular flexibility index (Phi) is 7.02. The maximum atomic E-state index is 11.2. The molecule has 0 aromatic heterocycles. The number of carbonyl (C=O) groups excluding carboxylic acids is 2. The normalized spacial score (nSPS) is 26.9. The molecule has 5 nitrogen and oxygen atoms in total. The van der Waals surface area contributed by atoms with Gasteiger partial charge in [0.25, 0.3) is 0 Å². The van der Waals surface area contributed by atoms with Crippen molar-refractivity contribution in [1.82, 2.24) is 5.32 Å². The van der Waals surface area contributed by atoms with Crippen molar-refractivity contribution in [3.8, 4) is 0 Å². The van der Waals surface area contributed by atoms with Crippen molar-refractivity contribution in [1.29, 1.82) is 0 Å². The van der Waals surface area contributed by atoms with Gasteiger partial charge in [0.05, 0.1) is 19.3 Å². The Hall–Kier alpha value is -0.940. The summed E-state index contributed by atoms with van der Waals surface area (Å²) in [6, 6.07) is -0.0192. The fraction of sp³-hybridized carbons (Fsp3) is 0.857. The molecule has 0 spiro atoms. The van der Waals surface area contributed by atoms with Gasteiger partial charge < -0.3 is 14.8 Å². The molecule has 1 fully saturated rings. The topological polar surface area (TPSA) is 64.6 Å². The molecule has 0 aromatic rings. The Morgan fingerprint density at radius 1 is 1.47 bits per heavy atom. The first kappa shape index (κ1) is 16.1. The van der Waals surface area contributed by atoms with Crippen LogP contribution in [-0.4, -0.2) is 37.2 Å². The standard InChI is InChI=1S/C14H25NO4/c1-3-4-5-6-9-18-14(11-16)8-7-13(10-19-14)15-12(2)17/h11,13H,3-10H2,1-2H3,(H,15,17)/t13?,14-/m1/s1. The van der Waals surface area contributed by atoms with Crippen molar-refractivity contribution in [3.63, 3.8) is 0 Å². The molecule has 0 aliphatic carbocycles. The molecule has 110 valence electrons. The summed E-state index contributed by atoms with van der Waals surface area (Å²) in [4.78, 5) is 22.1. The van der Waals surface area contributed by atoms with Crippen molar-refractivity contribution in [2.24, 2.45) is 0 Å². The van der Waals surface area contributed by atoms with Crippen LogP contribution in [0, 0.1) is 0 Å². The van der Waals surface area contributed by atoms with Gasteiger partial charge in [0.15, 0.2) is 6.29 Å². The number of ether oxygens (including phenoxy) is 2. The minimum atomic E-state index is -1.10. The highest BCUT2D eigenvalue weighted by Crippen LogP contribution is 2.25. The van der Waals surface area contributed by atoms with E-state index < -0.39 is 5.79 Å². The molecule has 0 saturated carbocycles. The molecule has 1 N–H and O–H groups in total. The van der Waals surface area contributed by atoms with Crippen molar-refractivity contribution < 1.29 is 19.1 Å². The Morgan fingerprint density at radius 3 is 2.79 bits per heavy atom. The van der Waals surface area contributed by atoms with E-state index in [4.69, 9.17) is 9.47 Å². The smallest absolute Gasteiger partial charge is 0.225 e. The first-order chi connectivity index (χ1) is 9.12. The third-order valence-electron chi connectivity index (χ3n) is 3.30. The second-order valence-electron chi connectivity index (χ2n) is 5.09. The lowest BCUT2D eigenvalue weighted by Crippen LogP contribution is -2.50. The second-order valence-corrected chi connectivity index (χ2v) is 5.09. The van der Waals surface area contributed by atoms with Crippen LogP contribution in [0.25, 0.3) is 0 Å². The molecule has 1 rings (SSSR count). The van der Waals surface area contributed by atoms with Gasteiger partial charge in [-0.25, -0.2) is 0 Å². The number of aldehydes is 1. The average molecular weight is 271 g/mol. The van der Waals surface area contributed by atoms with E-state index in [2.05, 4.69) is 12.2 Å². The number of amides is 1. The van der Waals surface area contributed by atoms with E-state index in [-0.39, 0.29) is 11.9 Å². The van der Waals surface area contributed by atoms with Crippen LogP contribution in [-0.2, 0) is 19.1 Å². The minimum absolute atomic E-state index is 0.0192. The second kappa shape index (κ2) is 8.27. The molecule has 1 unspecified atom stereocenters. The van der Waals surface area contributed by atoms with E-state index in [1.54, 1.807) is 0 Å². The van der Waals surface area contributed by atoms with Crippen LogP contribution in [0.15, 0.2) is 0 Å². The molecule has 0 aromatic carbocycles.